The third-order valence-corrected chi connectivity index (χ3v) is 9.90. The van der Waals surface area contributed by atoms with E-state index in [0.29, 0.717) is 80.9 Å². The monoisotopic (exact) mass is 814 g/mol. The molecule has 0 unspecified atom stereocenters. The molecule has 0 radical (unpaired) electrons. The molecule has 306 valence electrons. The van der Waals surface area contributed by atoms with Gasteiger partial charge in [-0.15, -0.1) is 0 Å². The van der Waals surface area contributed by atoms with Crippen molar-refractivity contribution in [1.29, 1.82) is 0 Å². The lowest BCUT2D eigenvalue weighted by molar-refractivity contribution is -0.0286. The van der Waals surface area contributed by atoms with Crippen molar-refractivity contribution in [2.75, 3.05) is 41.7 Å². The van der Waals surface area contributed by atoms with Gasteiger partial charge in [-0.3, -0.25) is 19.3 Å². The zero-order valence-electron chi connectivity index (χ0n) is 33.5. The Morgan fingerprint density at radius 3 is 1.60 bits per heavy atom. The molecule has 1 aliphatic rings. The Balaban J connectivity index is 0.000000167. The number of ether oxygens (including phenoxy) is 5. The summed E-state index contributed by atoms with van der Waals surface area (Å²) in [6, 6.07) is 13.9. The SMILES string of the molecule is CCn1cc(-c2cnc3ccc(Cc4cc(OC)cc(OC)c4F)nc3n2)cn1.COc1cc(Cc2ccc3ncc(-c4cnn(C5COC5)c4)nc3n2)c(F)c(OC)c1. The van der Waals surface area contributed by atoms with Crippen LogP contribution >= 0.6 is 0 Å². The summed E-state index contributed by atoms with van der Waals surface area (Å²) in [6.07, 6.45) is 11.3. The van der Waals surface area contributed by atoms with Crippen LogP contribution in [-0.2, 0) is 24.1 Å². The summed E-state index contributed by atoms with van der Waals surface area (Å²) in [5.41, 5.74) is 7.61. The van der Waals surface area contributed by atoms with Crippen molar-refractivity contribution in [3.8, 4) is 45.5 Å². The van der Waals surface area contributed by atoms with Crippen molar-refractivity contribution in [2.24, 2.45) is 0 Å². The van der Waals surface area contributed by atoms with E-state index in [1.807, 2.05) is 52.9 Å². The molecular weight excluding hydrogens is 775 g/mol. The van der Waals surface area contributed by atoms with Gasteiger partial charge in [0.05, 0.1) is 83.9 Å². The first kappa shape index (κ1) is 39.7. The maximum atomic E-state index is 14.7. The van der Waals surface area contributed by atoms with Gasteiger partial charge in [0.25, 0.3) is 0 Å². The van der Waals surface area contributed by atoms with Gasteiger partial charge in [-0.2, -0.15) is 10.2 Å². The molecule has 0 bridgehead atoms. The topological polar surface area (TPSA) is 159 Å². The summed E-state index contributed by atoms with van der Waals surface area (Å²) < 4.78 is 59.0. The summed E-state index contributed by atoms with van der Waals surface area (Å²) in [6.45, 7) is 4.13. The molecule has 15 nitrogen and oxygen atoms in total. The second-order valence-corrected chi connectivity index (χ2v) is 13.7. The number of nitrogens with zero attached hydrogens (tertiary/aromatic N) is 10. The van der Waals surface area contributed by atoms with Gasteiger partial charge in [-0.05, 0) is 43.3 Å². The van der Waals surface area contributed by atoms with E-state index in [0.717, 1.165) is 17.7 Å². The predicted molar refractivity (Wildman–Crippen MR) is 217 cm³/mol. The normalized spacial score (nSPS) is 12.5. The number of rotatable bonds is 12. The predicted octanol–water partition coefficient (Wildman–Crippen LogP) is 6.86. The Hall–Kier alpha value is -7.14. The first-order valence-corrected chi connectivity index (χ1v) is 19.0. The number of aromatic nitrogens is 10. The number of hydrogen-bond donors (Lipinski definition) is 0. The lowest BCUT2D eigenvalue weighted by Gasteiger charge is -2.25. The van der Waals surface area contributed by atoms with Crippen molar-refractivity contribution in [3.63, 3.8) is 0 Å². The van der Waals surface area contributed by atoms with Crippen molar-refractivity contribution in [1.82, 2.24) is 49.5 Å². The van der Waals surface area contributed by atoms with E-state index in [-0.39, 0.29) is 30.4 Å². The van der Waals surface area contributed by atoms with Gasteiger partial charge in [0.1, 0.15) is 22.5 Å². The number of benzene rings is 2. The van der Waals surface area contributed by atoms with Crippen LogP contribution in [-0.4, -0.2) is 91.1 Å². The minimum absolute atomic E-state index is 0.131. The Labute approximate surface area is 343 Å². The summed E-state index contributed by atoms with van der Waals surface area (Å²) in [5, 5.41) is 8.66. The lowest BCUT2D eigenvalue weighted by Crippen LogP contribution is -2.30. The second kappa shape index (κ2) is 17.4. The molecule has 0 saturated carbocycles. The van der Waals surface area contributed by atoms with E-state index >= 15 is 0 Å². The maximum Gasteiger partial charge on any atom is 0.179 e. The minimum Gasteiger partial charge on any atom is -0.497 e. The van der Waals surface area contributed by atoms with Crippen LogP contribution in [0.4, 0.5) is 8.78 Å². The Morgan fingerprint density at radius 2 is 1.15 bits per heavy atom. The molecule has 9 rings (SSSR count). The molecule has 8 aromatic rings. The summed E-state index contributed by atoms with van der Waals surface area (Å²) in [7, 11) is 5.91. The van der Waals surface area contributed by atoms with Gasteiger partial charge in [0.2, 0.25) is 0 Å². The van der Waals surface area contributed by atoms with Crippen molar-refractivity contribution >= 4 is 22.3 Å². The summed E-state index contributed by atoms with van der Waals surface area (Å²) in [4.78, 5) is 27.4. The number of halogens is 2. The fourth-order valence-electron chi connectivity index (χ4n) is 6.50. The molecule has 0 spiro atoms. The highest BCUT2D eigenvalue weighted by molar-refractivity contribution is 5.74. The lowest BCUT2D eigenvalue weighted by atomic mass is 10.1. The van der Waals surface area contributed by atoms with Gasteiger partial charge in [0.15, 0.2) is 34.4 Å². The highest BCUT2D eigenvalue weighted by Gasteiger charge is 2.22. The molecule has 7 heterocycles. The average Bonchev–Trinajstić information content (AvgIpc) is 3.95. The quantitative estimate of drug-likeness (QED) is 0.126. The molecule has 0 aliphatic carbocycles. The van der Waals surface area contributed by atoms with Crippen LogP contribution in [0.15, 0.2) is 85.7 Å². The molecule has 1 saturated heterocycles. The standard InChI is InChI=1S/C22H20FN5O3.C21H20FN5O2/c1-29-17-6-13(21(23)20(7-17)30-2)5-15-3-4-18-22(26-15)27-19(9-24-18)14-8-25-28(10-14)16-11-31-12-16;1-4-27-12-14(10-24-27)18-11-23-17-6-5-15(25-21(17)26-18)7-13-8-16(28-2)9-19(29-3)20(13)22/h3-4,6-10,16H,5,11-12H2,1-2H3;5-6,8-12H,4,7H2,1-3H3. The third kappa shape index (κ3) is 8.38. The molecule has 60 heavy (non-hydrogen) atoms. The molecule has 17 heteroatoms. The van der Waals surface area contributed by atoms with Crippen LogP contribution in [0.2, 0.25) is 0 Å². The smallest absolute Gasteiger partial charge is 0.179 e. The fourth-order valence-corrected chi connectivity index (χ4v) is 6.50. The second-order valence-electron chi connectivity index (χ2n) is 13.7. The van der Waals surface area contributed by atoms with E-state index in [9.17, 15) is 8.78 Å². The van der Waals surface area contributed by atoms with Gasteiger partial charge < -0.3 is 23.7 Å². The van der Waals surface area contributed by atoms with E-state index < -0.39 is 11.6 Å². The summed E-state index contributed by atoms with van der Waals surface area (Å²) >= 11 is 0. The highest BCUT2D eigenvalue weighted by Crippen LogP contribution is 2.31. The zero-order chi connectivity index (χ0) is 41.8. The first-order chi connectivity index (χ1) is 29.2. The third-order valence-electron chi connectivity index (χ3n) is 9.90. The highest BCUT2D eigenvalue weighted by atomic mass is 19.1. The molecule has 1 aliphatic heterocycles. The number of hydrogen-bond acceptors (Lipinski definition) is 13. The van der Waals surface area contributed by atoms with E-state index in [2.05, 4.69) is 40.1 Å². The van der Waals surface area contributed by atoms with Gasteiger partial charge in [-0.1, -0.05) is 0 Å². The van der Waals surface area contributed by atoms with Crippen molar-refractivity contribution in [3.05, 3.63) is 120 Å². The minimum atomic E-state index is -0.433. The molecular formula is C43H40F2N10O5. The van der Waals surface area contributed by atoms with Crippen LogP contribution in [0.5, 0.6) is 23.0 Å². The van der Waals surface area contributed by atoms with Crippen LogP contribution in [0, 0.1) is 11.6 Å². The number of fused-ring (bicyclic) bond motifs is 2. The largest absolute Gasteiger partial charge is 0.497 e. The maximum absolute atomic E-state index is 14.7. The Bertz CT molecular complexity index is 2810. The molecule has 0 atom stereocenters. The van der Waals surface area contributed by atoms with Crippen LogP contribution in [0.3, 0.4) is 0 Å². The summed E-state index contributed by atoms with van der Waals surface area (Å²) in [5.74, 6) is 0.444. The van der Waals surface area contributed by atoms with Crippen LogP contribution in [0.1, 0.15) is 35.5 Å². The van der Waals surface area contributed by atoms with E-state index in [1.165, 1.54) is 40.6 Å². The van der Waals surface area contributed by atoms with Crippen LogP contribution in [0.25, 0.3) is 44.8 Å². The van der Waals surface area contributed by atoms with Crippen molar-refractivity contribution < 1.29 is 32.5 Å². The van der Waals surface area contributed by atoms with Gasteiger partial charge >= 0.3 is 0 Å². The molecule has 0 amide bonds. The molecule has 1 fully saturated rings. The van der Waals surface area contributed by atoms with E-state index in [4.69, 9.17) is 23.7 Å². The molecule has 0 N–H and O–H groups in total. The number of aryl methyl sites for hydroxylation is 1. The number of methoxy groups -OCH3 is 4. The average molecular weight is 815 g/mol. The molecule has 6 aromatic heterocycles. The van der Waals surface area contributed by atoms with E-state index in [1.54, 1.807) is 36.9 Å². The van der Waals surface area contributed by atoms with Crippen LogP contribution < -0.4 is 18.9 Å². The Kier molecular flexibility index (Phi) is 11.5. The fraction of sp³-hybridized carbons (Fsp3) is 0.256. The molecule has 2 aromatic carbocycles. The Morgan fingerprint density at radius 1 is 0.633 bits per heavy atom. The first-order valence-electron chi connectivity index (χ1n) is 19.0. The van der Waals surface area contributed by atoms with Gasteiger partial charge in [-0.25, -0.2) is 28.7 Å². The van der Waals surface area contributed by atoms with Crippen molar-refractivity contribution in [2.45, 2.75) is 32.4 Å². The number of pyridine rings is 2. The van der Waals surface area contributed by atoms with Gasteiger partial charge in [0, 0.05) is 77.6 Å². The zero-order valence-corrected chi connectivity index (χ0v) is 33.5.